The van der Waals surface area contributed by atoms with Crippen LogP contribution in [0.15, 0.2) is 48.5 Å². The SMILES string of the molecule is CCCCCCCCOC(=O)c1ccc(N2Cc3ccccc3C2=O)cc1. The van der Waals surface area contributed by atoms with Crippen LogP contribution in [0.25, 0.3) is 0 Å². The van der Waals surface area contributed by atoms with Crippen LogP contribution in [0.5, 0.6) is 0 Å². The van der Waals surface area contributed by atoms with E-state index in [2.05, 4.69) is 6.92 Å². The fourth-order valence-electron chi connectivity index (χ4n) is 3.37. The molecule has 0 N–H and O–H groups in total. The van der Waals surface area contributed by atoms with Crippen LogP contribution in [0.2, 0.25) is 0 Å². The lowest BCUT2D eigenvalue weighted by Gasteiger charge is -2.16. The zero-order valence-corrected chi connectivity index (χ0v) is 15.9. The molecular weight excluding hydrogens is 338 g/mol. The predicted octanol–water partition coefficient (Wildman–Crippen LogP) is 5.36. The molecule has 4 heteroatoms. The van der Waals surface area contributed by atoms with Crippen LogP contribution in [0.3, 0.4) is 0 Å². The standard InChI is InChI=1S/C23H27NO3/c1-2-3-4-5-6-9-16-27-23(26)18-12-14-20(15-13-18)24-17-19-10-7-8-11-21(19)22(24)25/h7-8,10-15H,2-6,9,16-17H2,1H3. The maximum atomic E-state index is 12.5. The first kappa shape index (κ1) is 19.2. The van der Waals surface area contributed by atoms with E-state index in [4.69, 9.17) is 4.74 Å². The summed E-state index contributed by atoms with van der Waals surface area (Å²) in [4.78, 5) is 26.4. The van der Waals surface area contributed by atoms with Crippen molar-refractivity contribution in [2.24, 2.45) is 0 Å². The van der Waals surface area contributed by atoms with Gasteiger partial charge in [-0.25, -0.2) is 4.79 Å². The summed E-state index contributed by atoms with van der Waals surface area (Å²) in [6.45, 7) is 3.23. The van der Waals surface area contributed by atoms with E-state index in [0.29, 0.717) is 18.7 Å². The summed E-state index contributed by atoms with van der Waals surface area (Å²) in [6, 6.07) is 14.7. The number of rotatable bonds is 9. The fourth-order valence-corrected chi connectivity index (χ4v) is 3.37. The van der Waals surface area contributed by atoms with Gasteiger partial charge in [-0.1, -0.05) is 57.2 Å². The van der Waals surface area contributed by atoms with Gasteiger partial charge < -0.3 is 9.64 Å². The Hall–Kier alpha value is -2.62. The normalized spacial score (nSPS) is 12.9. The van der Waals surface area contributed by atoms with E-state index in [-0.39, 0.29) is 11.9 Å². The van der Waals surface area contributed by atoms with E-state index in [9.17, 15) is 9.59 Å². The Kier molecular flexibility index (Phi) is 6.64. The number of unbranched alkanes of at least 4 members (excludes halogenated alkanes) is 5. The summed E-state index contributed by atoms with van der Waals surface area (Å²) in [5, 5.41) is 0. The molecule has 0 radical (unpaired) electrons. The summed E-state index contributed by atoms with van der Waals surface area (Å²) >= 11 is 0. The smallest absolute Gasteiger partial charge is 0.338 e. The van der Waals surface area contributed by atoms with Gasteiger partial charge in [0.1, 0.15) is 0 Å². The highest BCUT2D eigenvalue weighted by molar-refractivity contribution is 6.10. The fraction of sp³-hybridized carbons (Fsp3) is 0.391. The number of carbonyl (C=O) groups is 2. The minimum absolute atomic E-state index is 0.00370. The van der Waals surface area contributed by atoms with Crippen LogP contribution in [-0.4, -0.2) is 18.5 Å². The van der Waals surface area contributed by atoms with Gasteiger partial charge >= 0.3 is 5.97 Å². The molecule has 2 aromatic carbocycles. The zero-order chi connectivity index (χ0) is 19.1. The number of hydrogen-bond acceptors (Lipinski definition) is 3. The Bertz CT molecular complexity index is 782. The van der Waals surface area contributed by atoms with Crippen molar-refractivity contribution in [1.29, 1.82) is 0 Å². The third-order valence-electron chi connectivity index (χ3n) is 4.97. The lowest BCUT2D eigenvalue weighted by molar-refractivity contribution is 0.0497. The lowest BCUT2D eigenvalue weighted by Crippen LogP contribution is -2.23. The number of esters is 1. The average molecular weight is 365 g/mol. The molecule has 0 atom stereocenters. The first-order valence-corrected chi connectivity index (χ1v) is 9.87. The van der Waals surface area contributed by atoms with Crippen molar-refractivity contribution in [3.05, 3.63) is 65.2 Å². The van der Waals surface area contributed by atoms with E-state index in [1.165, 1.54) is 25.7 Å². The van der Waals surface area contributed by atoms with Crippen molar-refractivity contribution in [2.45, 2.75) is 52.0 Å². The van der Waals surface area contributed by atoms with Crippen molar-refractivity contribution >= 4 is 17.6 Å². The maximum Gasteiger partial charge on any atom is 0.338 e. The minimum atomic E-state index is -0.300. The largest absolute Gasteiger partial charge is 0.462 e. The second-order valence-electron chi connectivity index (χ2n) is 7.00. The molecule has 0 aromatic heterocycles. The first-order valence-electron chi connectivity index (χ1n) is 9.87. The quantitative estimate of drug-likeness (QED) is 0.444. The van der Waals surface area contributed by atoms with Crippen LogP contribution < -0.4 is 4.90 Å². The Balaban J connectivity index is 1.49. The van der Waals surface area contributed by atoms with Gasteiger partial charge in [0.25, 0.3) is 5.91 Å². The van der Waals surface area contributed by atoms with E-state index in [1.807, 2.05) is 36.4 Å². The topological polar surface area (TPSA) is 46.6 Å². The van der Waals surface area contributed by atoms with Crippen LogP contribution >= 0.6 is 0 Å². The number of fused-ring (bicyclic) bond motifs is 1. The average Bonchev–Trinajstić information content (AvgIpc) is 3.04. The van der Waals surface area contributed by atoms with Gasteiger partial charge in [0, 0.05) is 11.3 Å². The first-order chi connectivity index (χ1) is 13.2. The molecule has 0 unspecified atom stereocenters. The Morgan fingerprint density at radius 3 is 2.41 bits per heavy atom. The van der Waals surface area contributed by atoms with E-state index >= 15 is 0 Å². The third-order valence-corrected chi connectivity index (χ3v) is 4.97. The molecule has 0 spiro atoms. The highest BCUT2D eigenvalue weighted by Gasteiger charge is 2.27. The Morgan fingerprint density at radius 1 is 0.963 bits per heavy atom. The Labute approximate surface area is 161 Å². The second kappa shape index (κ2) is 9.36. The molecule has 1 amide bonds. The molecule has 1 aliphatic heterocycles. The van der Waals surface area contributed by atoms with Crippen LogP contribution in [0.1, 0.15) is 71.7 Å². The number of hydrogen-bond donors (Lipinski definition) is 0. The summed E-state index contributed by atoms with van der Waals surface area (Å²) in [6.07, 6.45) is 6.98. The summed E-state index contributed by atoms with van der Waals surface area (Å²) in [5.41, 5.74) is 3.10. The number of carbonyl (C=O) groups excluding carboxylic acids is 2. The van der Waals surface area contributed by atoms with Crippen LogP contribution in [-0.2, 0) is 11.3 Å². The molecule has 2 aromatic rings. The summed E-state index contributed by atoms with van der Waals surface area (Å²) in [7, 11) is 0. The molecule has 4 nitrogen and oxygen atoms in total. The number of amides is 1. The van der Waals surface area contributed by atoms with Gasteiger partial charge in [-0.05, 0) is 42.3 Å². The van der Waals surface area contributed by atoms with Crippen molar-refractivity contribution in [1.82, 2.24) is 0 Å². The molecule has 0 bridgehead atoms. The number of ether oxygens (including phenoxy) is 1. The van der Waals surface area contributed by atoms with Crippen LogP contribution in [0, 0.1) is 0 Å². The van der Waals surface area contributed by atoms with Gasteiger partial charge in [-0.15, -0.1) is 0 Å². The molecule has 0 aliphatic carbocycles. The van der Waals surface area contributed by atoms with Gasteiger partial charge in [-0.3, -0.25) is 4.79 Å². The van der Waals surface area contributed by atoms with E-state index < -0.39 is 0 Å². The molecular formula is C23H27NO3. The minimum Gasteiger partial charge on any atom is -0.462 e. The van der Waals surface area contributed by atoms with Crippen molar-refractivity contribution < 1.29 is 14.3 Å². The molecule has 27 heavy (non-hydrogen) atoms. The highest BCUT2D eigenvalue weighted by Crippen LogP contribution is 2.28. The zero-order valence-electron chi connectivity index (χ0n) is 15.9. The molecule has 0 fully saturated rings. The van der Waals surface area contributed by atoms with E-state index in [0.717, 1.165) is 29.7 Å². The predicted molar refractivity (Wildman–Crippen MR) is 107 cm³/mol. The second-order valence-corrected chi connectivity index (χ2v) is 7.00. The summed E-state index contributed by atoms with van der Waals surface area (Å²) < 4.78 is 5.35. The lowest BCUT2D eigenvalue weighted by atomic mass is 10.1. The monoisotopic (exact) mass is 365 g/mol. The van der Waals surface area contributed by atoms with Gasteiger partial charge in [0.05, 0.1) is 18.7 Å². The van der Waals surface area contributed by atoms with Gasteiger partial charge in [0.15, 0.2) is 0 Å². The third kappa shape index (κ3) is 4.76. The summed E-state index contributed by atoms with van der Waals surface area (Å²) in [5.74, 6) is -0.296. The van der Waals surface area contributed by atoms with Gasteiger partial charge in [-0.2, -0.15) is 0 Å². The molecule has 0 saturated heterocycles. The molecule has 0 saturated carbocycles. The van der Waals surface area contributed by atoms with Crippen LogP contribution in [0.4, 0.5) is 5.69 Å². The number of nitrogens with zero attached hydrogens (tertiary/aromatic N) is 1. The molecule has 1 heterocycles. The molecule has 3 rings (SSSR count). The van der Waals surface area contributed by atoms with Gasteiger partial charge in [0.2, 0.25) is 0 Å². The number of anilines is 1. The molecule has 1 aliphatic rings. The van der Waals surface area contributed by atoms with Crippen molar-refractivity contribution in [3.63, 3.8) is 0 Å². The van der Waals surface area contributed by atoms with Crippen molar-refractivity contribution in [3.8, 4) is 0 Å². The maximum absolute atomic E-state index is 12.5. The Morgan fingerprint density at radius 2 is 1.67 bits per heavy atom. The van der Waals surface area contributed by atoms with Crippen molar-refractivity contribution in [2.75, 3.05) is 11.5 Å². The van der Waals surface area contributed by atoms with E-state index in [1.54, 1.807) is 17.0 Å². The number of benzene rings is 2. The highest BCUT2D eigenvalue weighted by atomic mass is 16.5. The molecule has 142 valence electrons.